The second-order valence-electron chi connectivity index (χ2n) is 8.81. The van der Waals surface area contributed by atoms with Gasteiger partial charge in [0, 0.05) is 19.5 Å². The van der Waals surface area contributed by atoms with E-state index in [9.17, 15) is 4.79 Å². The zero-order valence-electron chi connectivity index (χ0n) is 17.4. The number of rotatable bonds is 8. The van der Waals surface area contributed by atoms with E-state index in [2.05, 4.69) is 22.3 Å². The number of nitrogens with two attached hydrogens (primary N) is 1. The van der Waals surface area contributed by atoms with Gasteiger partial charge in [-0.25, -0.2) is 0 Å². The molecule has 5 nitrogen and oxygen atoms in total. The molecule has 1 aromatic carbocycles. The van der Waals surface area contributed by atoms with Gasteiger partial charge in [-0.1, -0.05) is 31.4 Å². The molecule has 0 spiro atoms. The number of nitrogens with zero attached hydrogens (tertiary/aromatic N) is 1. The first-order valence-electron chi connectivity index (χ1n) is 10.9. The summed E-state index contributed by atoms with van der Waals surface area (Å²) < 4.78 is 5.23. The maximum Gasteiger partial charge on any atom is 0.220 e. The molecule has 1 aliphatic carbocycles. The number of methoxy groups -OCH3 is 1. The molecule has 1 amide bonds. The maximum absolute atomic E-state index is 12.5. The molecule has 1 saturated carbocycles. The van der Waals surface area contributed by atoms with E-state index in [4.69, 9.17) is 10.5 Å². The summed E-state index contributed by atoms with van der Waals surface area (Å²) in [5, 5.41) is 3.21. The first-order chi connectivity index (χ1) is 13.6. The quantitative estimate of drug-likeness (QED) is 0.718. The Balaban J connectivity index is 1.36. The Morgan fingerprint density at radius 2 is 1.86 bits per heavy atom. The first kappa shape index (κ1) is 21.1. The van der Waals surface area contributed by atoms with Crippen LogP contribution in [0.4, 0.5) is 0 Å². The van der Waals surface area contributed by atoms with Gasteiger partial charge in [0.2, 0.25) is 5.91 Å². The highest BCUT2D eigenvalue weighted by Crippen LogP contribution is 2.38. The van der Waals surface area contributed by atoms with Crippen molar-refractivity contribution < 1.29 is 9.53 Å². The molecule has 3 rings (SSSR count). The number of ether oxygens (including phenoxy) is 1. The van der Waals surface area contributed by atoms with E-state index in [1.807, 2.05) is 12.1 Å². The van der Waals surface area contributed by atoms with Crippen LogP contribution in [0.15, 0.2) is 24.3 Å². The standard InChI is InChI=1S/C23H37N3O2/c1-28-21-7-5-20(6-8-21)17-26-13-9-19(10-14-26)16-25-22(27)15-23(18-24)11-3-2-4-12-23/h5-8,19H,2-4,9-18,24H2,1H3,(H,25,27). The summed E-state index contributed by atoms with van der Waals surface area (Å²) in [5.74, 6) is 1.70. The van der Waals surface area contributed by atoms with Crippen molar-refractivity contribution in [2.45, 2.75) is 57.9 Å². The summed E-state index contributed by atoms with van der Waals surface area (Å²) in [4.78, 5) is 15.0. The van der Waals surface area contributed by atoms with Gasteiger partial charge in [-0.15, -0.1) is 0 Å². The summed E-state index contributed by atoms with van der Waals surface area (Å²) in [6.07, 6.45) is 8.87. The monoisotopic (exact) mass is 387 g/mol. The van der Waals surface area contributed by atoms with Gasteiger partial charge < -0.3 is 15.8 Å². The highest BCUT2D eigenvalue weighted by molar-refractivity contribution is 5.76. The zero-order valence-corrected chi connectivity index (χ0v) is 17.4. The first-order valence-corrected chi connectivity index (χ1v) is 10.9. The zero-order chi connectivity index (χ0) is 19.8. The van der Waals surface area contributed by atoms with Crippen molar-refractivity contribution in [2.24, 2.45) is 17.1 Å². The minimum absolute atomic E-state index is 0.0596. The molecule has 1 saturated heterocycles. The van der Waals surface area contributed by atoms with Crippen molar-refractivity contribution in [3.8, 4) is 5.75 Å². The van der Waals surface area contributed by atoms with Gasteiger partial charge in [-0.3, -0.25) is 9.69 Å². The average Bonchev–Trinajstić information content (AvgIpc) is 2.74. The lowest BCUT2D eigenvalue weighted by molar-refractivity contribution is -0.124. The number of benzene rings is 1. The maximum atomic E-state index is 12.5. The SMILES string of the molecule is COc1ccc(CN2CCC(CNC(=O)CC3(CN)CCCCC3)CC2)cc1. The number of hydrogen-bond acceptors (Lipinski definition) is 4. The third kappa shape index (κ3) is 5.95. The van der Waals surface area contributed by atoms with E-state index in [0.29, 0.717) is 18.9 Å². The van der Waals surface area contributed by atoms with Gasteiger partial charge >= 0.3 is 0 Å². The van der Waals surface area contributed by atoms with Crippen LogP contribution in [0.25, 0.3) is 0 Å². The minimum atomic E-state index is 0.0596. The molecule has 0 radical (unpaired) electrons. The number of amides is 1. The molecule has 0 unspecified atom stereocenters. The number of likely N-dealkylation sites (tertiary alicyclic amines) is 1. The van der Waals surface area contributed by atoms with Crippen LogP contribution in [0, 0.1) is 11.3 Å². The molecule has 156 valence electrons. The van der Waals surface area contributed by atoms with Crippen molar-refractivity contribution in [3.05, 3.63) is 29.8 Å². The smallest absolute Gasteiger partial charge is 0.220 e. The molecule has 2 aliphatic rings. The molecule has 0 atom stereocenters. The van der Waals surface area contributed by atoms with Crippen LogP contribution in [0.5, 0.6) is 5.75 Å². The van der Waals surface area contributed by atoms with Crippen LogP contribution in [-0.2, 0) is 11.3 Å². The van der Waals surface area contributed by atoms with Gasteiger partial charge in [0.1, 0.15) is 5.75 Å². The number of carbonyl (C=O) groups is 1. The molecule has 5 heteroatoms. The number of hydrogen-bond donors (Lipinski definition) is 2. The second kappa shape index (κ2) is 10.3. The molecule has 3 N–H and O–H groups in total. The predicted molar refractivity (Wildman–Crippen MR) is 113 cm³/mol. The van der Waals surface area contributed by atoms with E-state index < -0.39 is 0 Å². The van der Waals surface area contributed by atoms with Gasteiger partial charge in [-0.2, -0.15) is 0 Å². The second-order valence-corrected chi connectivity index (χ2v) is 8.81. The topological polar surface area (TPSA) is 67.6 Å². The van der Waals surface area contributed by atoms with E-state index in [1.54, 1.807) is 7.11 Å². The fraction of sp³-hybridized carbons (Fsp3) is 0.696. The summed E-state index contributed by atoms with van der Waals surface area (Å²) in [5.41, 5.74) is 7.41. The summed E-state index contributed by atoms with van der Waals surface area (Å²) >= 11 is 0. The third-order valence-corrected chi connectivity index (χ3v) is 6.74. The number of piperidine rings is 1. The van der Waals surface area contributed by atoms with E-state index in [-0.39, 0.29) is 11.3 Å². The van der Waals surface area contributed by atoms with E-state index >= 15 is 0 Å². The lowest BCUT2D eigenvalue weighted by Crippen LogP contribution is -2.41. The van der Waals surface area contributed by atoms with Gasteiger partial charge in [0.15, 0.2) is 0 Å². The molecule has 2 fully saturated rings. The molecule has 1 aromatic rings. The largest absolute Gasteiger partial charge is 0.497 e. The highest BCUT2D eigenvalue weighted by atomic mass is 16.5. The van der Waals surface area contributed by atoms with Crippen LogP contribution in [0.1, 0.15) is 56.9 Å². The molecule has 0 aromatic heterocycles. The van der Waals surface area contributed by atoms with E-state index in [1.165, 1.54) is 24.8 Å². The summed E-state index contributed by atoms with van der Waals surface area (Å²) in [6.45, 7) is 4.64. The van der Waals surface area contributed by atoms with Crippen LogP contribution in [0.3, 0.4) is 0 Å². The Morgan fingerprint density at radius 1 is 1.18 bits per heavy atom. The Morgan fingerprint density at radius 3 is 2.46 bits per heavy atom. The van der Waals surface area contributed by atoms with Crippen LogP contribution in [-0.4, -0.2) is 44.1 Å². The Labute approximate surface area is 170 Å². The van der Waals surface area contributed by atoms with Gasteiger partial charge in [-0.05, 0) is 74.3 Å². The van der Waals surface area contributed by atoms with Gasteiger partial charge in [0.25, 0.3) is 0 Å². The van der Waals surface area contributed by atoms with Crippen molar-refractivity contribution in [1.29, 1.82) is 0 Å². The van der Waals surface area contributed by atoms with Crippen LogP contribution < -0.4 is 15.8 Å². The van der Waals surface area contributed by atoms with Crippen molar-refractivity contribution in [3.63, 3.8) is 0 Å². The normalized spacial score (nSPS) is 20.6. The van der Waals surface area contributed by atoms with Crippen molar-refractivity contribution >= 4 is 5.91 Å². The fourth-order valence-corrected chi connectivity index (χ4v) is 4.75. The average molecular weight is 388 g/mol. The molecule has 1 aliphatic heterocycles. The third-order valence-electron chi connectivity index (χ3n) is 6.74. The Kier molecular flexibility index (Phi) is 7.74. The summed E-state index contributed by atoms with van der Waals surface area (Å²) in [6, 6.07) is 8.34. The molecule has 28 heavy (non-hydrogen) atoms. The van der Waals surface area contributed by atoms with Crippen molar-refractivity contribution in [1.82, 2.24) is 10.2 Å². The lowest BCUT2D eigenvalue weighted by Gasteiger charge is -2.36. The fourth-order valence-electron chi connectivity index (χ4n) is 4.75. The molecular weight excluding hydrogens is 350 g/mol. The number of nitrogens with one attached hydrogen (secondary N) is 1. The van der Waals surface area contributed by atoms with E-state index in [0.717, 1.165) is 57.6 Å². The van der Waals surface area contributed by atoms with Crippen LogP contribution in [0.2, 0.25) is 0 Å². The summed E-state index contributed by atoms with van der Waals surface area (Å²) in [7, 11) is 1.70. The van der Waals surface area contributed by atoms with Crippen LogP contribution >= 0.6 is 0 Å². The lowest BCUT2D eigenvalue weighted by atomic mass is 9.71. The molecular formula is C23H37N3O2. The molecule has 1 heterocycles. The van der Waals surface area contributed by atoms with Gasteiger partial charge in [0.05, 0.1) is 7.11 Å². The predicted octanol–water partition coefficient (Wildman–Crippen LogP) is 3.32. The molecule has 0 bridgehead atoms. The Hall–Kier alpha value is -1.59. The Bertz CT molecular complexity index is 603. The minimum Gasteiger partial charge on any atom is -0.497 e. The highest BCUT2D eigenvalue weighted by Gasteiger charge is 2.33. The number of carbonyl (C=O) groups excluding carboxylic acids is 1. The van der Waals surface area contributed by atoms with Crippen molar-refractivity contribution in [2.75, 3.05) is 33.3 Å².